The molecule has 5 nitrogen and oxygen atoms in total. The van der Waals surface area contributed by atoms with E-state index in [9.17, 15) is 4.79 Å². The molecule has 0 fully saturated rings. The summed E-state index contributed by atoms with van der Waals surface area (Å²) in [4.78, 5) is 12.6. The van der Waals surface area contributed by atoms with Crippen molar-refractivity contribution < 1.29 is 4.79 Å². The lowest BCUT2D eigenvalue weighted by Crippen LogP contribution is -2.23. The topological polar surface area (TPSA) is 59.8 Å². The van der Waals surface area contributed by atoms with Gasteiger partial charge in [-0.3, -0.25) is 4.79 Å². The minimum Gasteiger partial charge on any atom is -0.324 e. The lowest BCUT2D eigenvalue weighted by Gasteiger charge is -2.13. The van der Waals surface area contributed by atoms with Crippen LogP contribution < -0.4 is 5.32 Å². The monoisotopic (exact) mass is 444 g/mol. The summed E-state index contributed by atoms with van der Waals surface area (Å²) in [6.45, 7) is 5.92. The molecule has 0 bridgehead atoms. The number of hydrogen-bond donors (Lipinski definition) is 1. The third kappa shape index (κ3) is 4.59. The van der Waals surface area contributed by atoms with Crippen molar-refractivity contribution in [1.29, 1.82) is 0 Å². The molecule has 1 N–H and O–H groups in total. The zero-order valence-corrected chi connectivity index (χ0v) is 18.1. The molecule has 1 unspecified atom stereocenters. The number of aryl methyl sites for hydroxylation is 2. The van der Waals surface area contributed by atoms with Gasteiger partial charge in [0.1, 0.15) is 0 Å². The Balaban J connectivity index is 1.71. The zero-order valence-electron chi connectivity index (χ0n) is 15.7. The van der Waals surface area contributed by atoms with E-state index in [-0.39, 0.29) is 11.2 Å². The van der Waals surface area contributed by atoms with E-state index in [4.69, 9.17) is 0 Å². The molecular weight excluding hydrogens is 424 g/mol. The molecule has 1 heterocycles. The van der Waals surface area contributed by atoms with Gasteiger partial charge in [-0.2, -0.15) is 0 Å². The second-order valence-electron chi connectivity index (χ2n) is 6.46. The fraction of sp³-hybridized carbons (Fsp3) is 0.250. The Bertz CT molecular complexity index is 969. The number of rotatable bonds is 5. The molecule has 0 saturated carbocycles. The predicted molar refractivity (Wildman–Crippen MR) is 114 cm³/mol. The minimum absolute atomic E-state index is 0.0792. The maximum Gasteiger partial charge on any atom is 0.237 e. The van der Waals surface area contributed by atoms with Gasteiger partial charge < -0.3 is 9.88 Å². The lowest BCUT2D eigenvalue weighted by atomic mass is 10.1. The normalized spacial score (nSPS) is 12.0. The van der Waals surface area contributed by atoms with Crippen molar-refractivity contribution in [2.75, 3.05) is 5.32 Å². The number of amides is 1. The fourth-order valence-electron chi connectivity index (χ4n) is 2.54. The van der Waals surface area contributed by atoms with Crippen LogP contribution in [0.15, 0.2) is 52.1 Å². The number of anilines is 1. The van der Waals surface area contributed by atoms with Gasteiger partial charge >= 0.3 is 0 Å². The predicted octanol–water partition coefficient (Wildman–Crippen LogP) is 4.98. The summed E-state index contributed by atoms with van der Waals surface area (Å²) in [5.41, 5.74) is 4.09. The van der Waals surface area contributed by atoms with Crippen LogP contribution in [0.1, 0.15) is 18.1 Å². The van der Waals surface area contributed by atoms with Crippen LogP contribution in [0.5, 0.6) is 0 Å². The van der Waals surface area contributed by atoms with E-state index < -0.39 is 0 Å². The summed E-state index contributed by atoms with van der Waals surface area (Å²) in [5, 5.41) is 11.9. The van der Waals surface area contributed by atoms with Gasteiger partial charge in [-0.25, -0.2) is 0 Å². The molecular formula is C20H21BrN4OS. The fourth-order valence-corrected chi connectivity index (χ4v) is 3.95. The van der Waals surface area contributed by atoms with Gasteiger partial charge in [-0.05, 0) is 54.4 Å². The number of carbonyl (C=O) groups excluding carboxylic acids is 1. The minimum atomic E-state index is -0.313. The van der Waals surface area contributed by atoms with Crippen molar-refractivity contribution in [3.05, 3.63) is 58.1 Å². The van der Waals surface area contributed by atoms with Crippen LogP contribution in [-0.4, -0.2) is 25.9 Å². The van der Waals surface area contributed by atoms with Crippen molar-refractivity contribution in [3.8, 4) is 11.4 Å². The summed E-state index contributed by atoms with van der Waals surface area (Å²) in [6.07, 6.45) is 0. The van der Waals surface area contributed by atoms with E-state index in [2.05, 4.69) is 38.4 Å². The zero-order chi connectivity index (χ0) is 19.6. The smallest absolute Gasteiger partial charge is 0.237 e. The molecule has 0 aliphatic carbocycles. The van der Waals surface area contributed by atoms with Gasteiger partial charge in [-0.15, -0.1) is 10.2 Å². The van der Waals surface area contributed by atoms with Gasteiger partial charge in [0.05, 0.1) is 10.9 Å². The Morgan fingerprint density at radius 3 is 2.44 bits per heavy atom. The summed E-state index contributed by atoms with van der Waals surface area (Å²) < 4.78 is 2.79. The van der Waals surface area contributed by atoms with Gasteiger partial charge in [-0.1, -0.05) is 47.7 Å². The molecule has 0 aliphatic heterocycles. The molecule has 27 heavy (non-hydrogen) atoms. The molecule has 1 amide bonds. The van der Waals surface area contributed by atoms with Crippen molar-refractivity contribution >= 4 is 39.3 Å². The number of nitrogens with one attached hydrogen (secondary N) is 1. The second kappa shape index (κ2) is 8.27. The number of nitrogens with zero attached hydrogens (tertiary/aromatic N) is 3. The molecule has 3 rings (SSSR count). The molecule has 1 aromatic heterocycles. The molecule has 1 atom stereocenters. The molecule has 0 spiro atoms. The van der Waals surface area contributed by atoms with Crippen LogP contribution >= 0.6 is 27.7 Å². The quantitative estimate of drug-likeness (QED) is 0.563. The Labute approximate surface area is 171 Å². The Hall–Kier alpha value is -2.12. The first-order chi connectivity index (χ1) is 12.8. The van der Waals surface area contributed by atoms with Crippen LogP contribution in [0.25, 0.3) is 11.4 Å². The molecule has 3 aromatic rings. The number of benzene rings is 2. The first-order valence-electron chi connectivity index (χ1n) is 8.55. The largest absolute Gasteiger partial charge is 0.324 e. The molecule has 0 saturated heterocycles. The van der Waals surface area contributed by atoms with Crippen molar-refractivity contribution in [2.24, 2.45) is 7.05 Å². The summed E-state index contributed by atoms with van der Waals surface area (Å²) in [7, 11) is 1.92. The Kier molecular flexibility index (Phi) is 6.01. The molecule has 0 aliphatic rings. The number of thioether (sulfide) groups is 1. The van der Waals surface area contributed by atoms with E-state index >= 15 is 0 Å². The molecule has 2 aromatic carbocycles. The first kappa shape index (κ1) is 19.6. The summed E-state index contributed by atoms with van der Waals surface area (Å²) >= 11 is 4.88. The van der Waals surface area contributed by atoms with Crippen molar-refractivity contribution in [3.63, 3.8) is 0 Å². The van der Waals surface area contributed by atoms with E-state index in [1.165, 1.54) is 17.3 Å². The van der Waals surface area contributed by atoms with Crippen LogP contribution in [0.3, 0.4) is 0 Å². The second-order valence-corrected chi connectivity index (χ2v) is 8.63. The summed E-state index contributed by atoms with van der Waals surface area (Å²) in [6, 6.07) is 14.0. The SMILES string of the molecule is Cc1ccc(-c2nnc(SC(C)C(=O)Nc3ccc(C)cc3Br)n2C)cc1. The number of aromatic nitrogens is 3. The maximum absolute atomic E-state index is 12.6. The Morgan fingerprint density at radius 1 is 1.11 bits per heavy atom. The molecule has 0 radical (unpaired) electrons. The van der Waals surface area contributed by atoms with E-state index in [0.29, 0.717) is 5.16 Å². The van der Waals surface area contributed by atoms with E-state index in [1.54, 1.807) is 0 Å². The first-order valence-corrected chi connectivity index (χ1v) is 10.2. The van der Waals surface area contributed by atoms with Gasteiger partial charge in [0.15, 0.2) is 11.0 Å². The highest BCUT2D eigenvalue weighted by molar-refractivity contribution is 9.10. The van der Waals surface area contributed by atoms with E-state index in [0.717, 1.165) is 27.1 Å². The van der Waals surface area contributed by atoms with Crippen molar-refractivity contribution in [2.45, 2.75) is 31.2 Å². The van der Waals surface area contributed by atoms with E-state index in [1.807, 2.05) is 67.9 Å². The van der Waals surface area contributed by atoms with Gasteiger partial charge in [0, 0.05) is 17.1 Å². The van der Waals surface area contributed by atoms with Crippen LogP contribution in [0.2, 0.25) is 0 Å². The standard InChI is InChI=1S/C20H21BrN4OS/c1-12-5-8-15(9-6-12)18-23-24-20(25(18)4)27-14(3)19(26)22-17-10-7-13(2)11-16(17)21/h5-11,14H,1-4H3,(H,22,26). The highest BCUT2D eigenvalue weighted by Crippen LogP contribution is 2.28. The third-order valence-electron chi connectivity index (χ3n) is 4.18. The average Bonchev–Trinajstić information content (AvgIpc) is 2.98. The van der Waals surface area contributed by atoms with Gasteiger partial charge in [0.25, 0.3) is 0 Å². The van der Waals surface area contributed by atoms with Gasteiger partial charge in [0.2, 0.25) is 5.91 Å². The van der Waals surface area contributed by atoms with Crippen LogP contribution in [0, 0.1) is 13.8 Å². The highest BCUT2D eigenvalue weighted by atomic mass is 79.9. The third-order valence-corrected chi connectivity index (χ3v) is 5.97. The number of hydrogen-bond acceptors (Lipinski definition) is 4. The lowest BCUT2D eigenvalue weighted by molar-refractivity contribution is -0.115. The number of halogens is 1. The highest BCUT2D eigenvalue weighted by Gasteiger charge is 2.20. The number of carbonyl (C=O) groups is 1. The maximum atomic E-state index is 12.6. The molecule has 140 valence electrons. The Morgan fingerprint density at radius 2 is 1.78 bits per heavy atom. The average molecular weight is 445 g/mol. The van der Waals surface area contributed by atoms with Crippen molar-refractivity contribution in [1.82, 2.24) is 14.8 Å². The van der Waals surface area contributed by atoms with Crippen LogP contribution in [-0.2, 0) is 11.8 Å². The van der Waals surface area contributed by atoms with Crippen LogP contribution in [0.4, 0.5) is 5.69 Å². The molecule has 7 heteroatoms. The summed E-state index contributed by atoms with van der Waals surface area (Å²) in [5.74, 6) is 0.704.